The standard InChI is InChI=1S/C16H24N2O2/c1-17(2)13-6-5-9-18(10-13)11-14-12-19-15-7-3-4-8-16(15)20-14/h3-4,7-8,13-14H,5-6,9-12H2,1-2H3. The predicted molar refractivity (Wildman–Crippen MR) is 79.5 cm³/mol. The lowest BCUT2D eigenvalue weighted by Gasteiger charge is -2.38. The second kappa shape index (κ2) is 6.02. The number of hydrogen-bond donors (Lipinski definition) is 0. The van der Waals surface area contributed by atoms with Crippen molar-refractivity contribution in [3.05, 3.63) is 24.3 Å². The summed E-state index contributed by atoms with van der Waals surface area (Å²) in [4.78, 5) is 4.84. The Balaban J connectivity index is 1.57. The molecule has 2 aliphatic heterocycles. The van der Waals surface area contributed by atoms with Crippen LogP contribution in [0.4, 0.5) is 0 Å². The van der Waals surface area contributed by atoms with Crippen molar-refractivity contribution in [2.45, 2.75) is 25.0 Å². The van der Waals surface area contributed by atoms with Crippen LogP contribution in [0.15, 0.2) is 24.3 Å². The molecule has 110 valence electrons. The van der Waals surface area contributed by atoms with Gasteiger partial charge in [-0.05, 0) is 45.6 Å². The number of benzene rings is 1. The van der Waals surface area contributed by atoms with Crippen molar-refractivity contribution >= 4 is 0 Å². The highest BCUT2D eigenvalue weighted by Gasteiger charge is 2.27. The molecule has 1 aromatic rings. The van der Waals surface area contributed by atoms with Crippen LogP contribution in [0.5, 0.6) is 11.5 Å². The number of piperidine rings is 1. The Morgan fingerprint density at radius 3 is 2.85 bits per heavy atom. The molecule has 3 rings (SSSR count). The van der Waals surface area contributed by atoms with E-state index in [9.17, 15) is 0 Å². The second-order valence-corrected chi connectivity index (χ2v) is 6.02. The van der Waals surface area contributed by atoms with Crippen molar-refractivity contribution in [2.24, 2.45) is 0 Å². The minimum absolute atomic E-state index is 0.144. The van der Waals surface area contributed by atoms with Crippen LogP contribution in [-0.2, 0) is 0 Å². The van der Waals surface area contributed by atoms with E-state index in [4.69, 9.17) is 9.47 Å². The quantitative estimate of drug-likeness (QED) is 0.841. The fraction of sp³-hybridized carbons (Fsp3) is 0.625. The number of ether oxygens (including phenoxy) is 2. The summed E-state index contributed by atoms with van der Waals surface area (Å²) in [5.74, 6) is 1.75. The van der Waals surface area contributed by atoms with E-state index < -0.39 is 0 Å². The first-order valence-electron chi connectivity index (χ1n) is 7.49. The van der Waals surface area contributed by atoms with Gasteiger partial charge >= 0.3 is 0 Å². The molecule has 1 fully saturated rings. The van der Waals surface area contributed by atoms with Crippen LogP contribution in [0.1, 0.15) is 12.8 Å². The molecule has 2 atom stereocenters. The van der Waals surface area contributed by atoms with Crippen LogP contribution in [0.25, 0.3) is 0 Å². The molecule has 0 amide bonds. The molecule has 2 unspecified atom stereocenters. The lowest BCUT2D eigenvalue weighted by Crippen LogP contribution is -2.49. The summed E-state index contributed by atoms with van der Waals surface area (Å²) in [6.07, 6.45) is 2.72. The maximum Gasteiger partial charge on any atom is 0.161 e. The molecule has 0 aliphatic carbocycles. The summed E-state index contributed by atoms with van der Waals surface area (Å²) in [6, 6.07) is 8.59. The summed E-state index contributed by atoms with van der Waals surface area (Å²) in [5.41, 5.74) is 0. The smallest absolute Gasteiger partial charge is 0.161 e. The number of fused-ring (bicyclic) bond motifs is 1. The van der Waals surface area contributed by atoms with Crippen molar-refractivity contribution in [1.29, 1.82) is 0 Å². The van der Waals surface area contributed by atoms with Crippen LogP contribution in [-0.4, -0.2) is 62.3 Å². The van der Waals surface area contributed by atoms with Crippen molar-refractivity contribution in [3.8, 4) is 11.5 Å². The van der Waals surface area contributed by atoms with E-state index in [1.807, 2.05) is 24.3 Å². The van der Waals surface area contributed by atoms with Gasteiger partial charge in [0.1, 0.15) is 12.7 Å². The first-order valence-corrected chi connectivity index (χ1v) is 7.49. The molecule has 0 bridgehead atoms. The summed E-state index contributed by atoms with van der Waals surface area (Å²) in [7, 11) is 4.34. The van der Waals surface area contributed by atoms with Gasteiger partial charge < -0.3 is 14.4 Å². The molecule has 1 saturated heterocycles. The minimum Gasteiger partial charge on any atom is -0.486 e. The average Bonchev–Trinajstić information content (AvgIpc) is 2.47. The van der Waals surface area contributed by atoms with E-state index in [-0.39, 0.29) is 6.10 Å². The molecular weight excluding hydrogens is 252 g/mol. The number of nitrogens with zero attached hydrogens (tertiary/aromatic N) is 2. The summed E-state index contributed by atoms with van der Waals surface area (Å²) < 4.78 is 11.8. The van der Waals surface area contributed by atoms with E-state index in [0.717, 1.165) is 24.6 Å². The Labute approximate surface area is 121 Å². The van der Waals surface area contributed by atoms with E-state index in [1.165, 1.54) is 19.4 Å². The zero-order chi connectivity index (χ0) is 13.9. The molecule has 20 heavy (non-hydrogen) atoms. The van der Waals surface area contributed by atoms with Crippen LogP contribution in [0.2, 0.25) is 0 Å². The fourth-order valence-corrected chi connectivity index (χ4v) is 3.06. The van der Waals surface area contributed by atoms with E-state index in [0.29, 0.717) is 12.6 Å². The SMILES string of the molecule is CN(C)C1CCCN(CC2COc3ccccc3O2)C1. The molecule has 0 aromatic heterocycles. The third-order valence-electron chi connectivity index (χ3n) is 4.24. The van der Waals surface area contributed by atoms with Gasteiger partial charge in [-0.2, -0.15) is 0 Å². The van der Waals surface area contributed by atoms with Gasteiger partial charge in [-0.15, -0.1) is 0 Å². The van der Waals surface area contributed by atoms with Gasteiger partial charge in [0.15, 0.2) is 11.5 Å². The molecule has 0 radical (unpaired) electrons. The summed E-state index contributed by atoms with van der Waals surface area (Å²) in [5, 5.41) is 0. The van der Waals surface area contributed by atoms with Crippen molar-refractivity contribution in [1.82, 2.24) is 9.80 Å². The Morgan fingerprint density at radius 2 is 2.05 bits per heavy atom. The largest absolute Gasteiger partial charge is 0.486 e. The lowest BCUT2D eigenvalue weighted by molar-refractivity contribution is 0.0399. The van der Waals surface area contributed by atoms with Crippen LogP contribution in [0, 0.1) is 0 Å². The van der Waals surface area contributed by atoms with Crippen molar-refractivity contribution in [3.63, 3.8) is 0 Å². The van der Waals surface area contributed by atoms with E-state index in [2.05, 4.69) is 23.9 Å². The third-order valence-corrected chi connectivity index (χ3v) is 4.24. The molecular formula is C16H24N2O2. The Bertz CT molecular complexity index is 450. The summed E-state index contributed by atoms with van der Waals surface area (Å²) >= 11 is 0. The number of likely N-dealkylation sites (tertiary alicyclic amines) is 1. The Kier molecular flexibility index (Phi) is 4.13. The minimum atomic E-state index is 0.144. The number of hydrogen-bond acceptors (Lipinski definition) is 4. The first kappa shape index (κ1) is 13.7. The molecule has 4 heteroatoms. The topological polar surface area (TPSA) is 24.9 Å². The fourth-order valence-electron chi connectivity index (χ4n) is 3.06. The maximum absolute atomic E-state index is 6.05. The molecule has 1 aromatic carbocycles. The third kappa shape index (κ3) is 3.07. The zero-order valence-electron chi connectivity index (χ0n) is 12.4. The predicted octanol–water partition coefficient (Wildman–Crippen LogP) is 1.85. The molecule has 0 spiro atoms. The van der Waals surface area contributed by atoms with Gasteiger partial charge in [0.2, 0.25) is 0 Å². The Hall–Kier alpha value is -1.26. The number of para-hydroxylation sites is 2. The van der Waals surface area contributed by atoms with Crippen molar-refractivity contribution < 1.29 is 9.47 Å². The van der Waals surface area contributed by atoms with Crippen LogP contribution < -0.4 is 9.47 Å². The first-order chi connectivity index (χ1) is 9.72. The van der Waals surface area contributed by atoms with Crippen LogP contribution in [0.3, 0.4) is 0 Å². The zero-order valence-corrected chi connectivity index (χ0v) is 12.4. The van der Waals surface area contributed by atoms with Gasteiger partial charge in [0, 0.05) is 19.1 Å². The van der Waals surface area contributed by atoms with Gasteiger partial charge in [0.05, 0.1) is 0 Å². The molecule has 0 N–H and O–H groups in total. The van der Waals surface area contributed by atoms with Crippen LogP contribution >= 0.6 is 0 Å². The molecule has 4 nitrogen and oxygen atoms in total. The van der Waals surface area contributed by atoms with E-state index in [1.54, 1.807) is 0 Å². The highest BCUT2D eigenvalue weighted by atomic mass is 16.6. The Morgan fingerprint density at radius 1 is 1.25 bits per heavy atom. The van der Waals surface area contributed by atoms with Gasteiger partial charge in [-0.25, -0.2) is 0 Å². The molecule has 2 heterocycles. The van der Waals surface area contributed by atoms with Gasteiger partial charge in [-0.1, -0.05) is 12.1 Å². The molecule has 0 saturated carbocycles. The number of likely N-dealkylation sites (N-methyl/N-ethyl adjacent to an activating group) is 1. The lowest BCUT2D eigenvalue weighted by atomic mass is 10.0. The second-order valence-electron chi connectivity index (χ2n) is 6.02. The highest BCUT2D eigenvalue weighted by molar-refractivity contribution is 5.40. The van der Waals surface area contributed by atoms with Gasteiger partial charge in [-0.3, -0.25) is 4.90 Å². The monoisotopic (exact) mass is 276 g/mol. The highest BCUT2D eigenvalue weighted by Crippen LogP contribution is 2.31. The molecule has 2 aliphatic rings. The number of rotatable bonds is 3. The van der Waals surface area contributed by atoms with E-state index >= 15 is 0 Å². The average molecular weight is 276 g/mol. The summed E-state index contributed by atoms with van der Waals surface area (Å²) in [6.45, 7) is 3.92. The van der Waals surface area contributed by atoms with Crippen molar-refractivity contribution in [2.75, 3.05) is 40.3 Å². The maximum atomic E-state index is 6.05. The normalized spacial score (nSPS) is 26.8. The van der Waals surface area contributed by atoms with Gasteiger partial charge in [0.25, 0.3) is 0 Å².